The van der Waals surface area contributed by atoms with Crippen LogP contribution < -0.4 is 5.32 Å². The molecule has 0 atom stereocenters. The highest BCUT2D eigenvalue weighted by atomic mass is 16.1. The van der Waals surface area contributed by atoms with Crippen molar-refractivity contribution in [2.45, 2.75) is 32.7 Å². The largest absolute Gasteiger partial charge is 0.352 e. The van der Waals surface area contributed by atoms with E-state index < -0.39 is 0 Å². The van der Waals surface area contributed by atoms with Crippen LogP contribution in [0.25, 0.3) is 16.9 Å². The number of rotatable bonds is 9. The van der Waals surface area contributed by atoms with Crippen LogP contribution in [0.5, 0.6) is 0 Å². The first-order chi connectivity index (χ1) is 13.1. The average Bonchev–Trinajstić information content (AvgIpc) is 3.28. The summed E-state index contributed by atoms with van der Waals surface area (Å²) in [7, 11) is 4.13. The van der Waals surface area contributed by atoms with Crippen molar-refractivity contribution in [2.75, 3.05) is 27.2 Å². The highest BCUT2D eigenvalue weighted by molar-refractivity contribution is 6.00. The third-order valence-corrected chi connectivity index (χ3v) is 4.64. The maximum absolute atomic E-state index is 12.7. The van der Waals surface area contributed by atoms with E-state index in [9.17, 15) is 4.79 Å². The summed E-state index contributed by atoms with van der Waals surface area (Å²) >= 11 is 0. The molecule has 144 valence electrons. The third-order valence-electron chi connectivity index (χ3n) is 4.64. The van der Waals surface area contributed by atoms with Gasteiger partial charge in [0.25, 0.3) is 5.91 Å². The number of hydrogen-bond donors (Lipinski definition) is 1. The monoisotopic (exact) mass is 367 g/mol. The Balaban J connectivity index is 1.85. The van der Waals surface area contributed by atoms with Gasteiger partial charge in [-0.05, 0) is 38.7 Å². The Morgan fingerprint density at radius 2 is 2.04 bits per heavy atom. The third kappa shape index (κ3) is 4.57. The van der Waals surface area contributed by atoms with Crippen molar-refractivity contribution in [3.05, 3.63) is 48.5 Å². The normalized spacial score (nSPS) is 11.4. The number of unbranched alkanes of at least 4 members (excludes halogenated alkanes) is 2. The van der Waals surface area contributed by atoms with Gasteiger partial charge in [-0.1, -0.05) is 25.8 Å². The van der Waals surface area contributed by atoms with E-state index in [2.05, 4.69) is 54.3 Å². The Labute approximate surface area is 160 Å². The van der Waals surface area contributed by atoms with E-state index >= 15 is 0 Å². The number of amides is 1. The first-order valence-corrected chi connectivity index (χ1v) is 9.66. The van der Waals surface area contributed by atoms with Gasteiger partial charge in [0.2, 0.25) is 0 Å². The minimum atomic E-state index is -0.104. The molecule has 0 spiro atoms. The number of pyridine rings is 1. The van der Waals surface area contributed by atoms with Gasteiger partial charge in [0, 0.05) is 43.8 Å². The van der Waals surface area contributed by atoms with E-state index in [1.165, 1.54) is 0 Å². The SMILES string of the molecule is CCCCCNC(=O)c1nc(-c2ccn(CCN(C)C)c2)n2ccccc12. The fourth-order valence-corrected chi connectivity index (χ4v) is 3.10. The maximum Gasteiger partial charge on any atom is 0.272 e. The molecule has 0 aliphatic rings. The van der Waals surface area contributed by atoms with E-state index in [0.717, 1.165) is 49.3 Å². The summed E-state index contributed by atoms with van der Waals surface area (Å²) in [6.07, 6.45) is 9.37. The molecule has 0 aliphatic carbocycles. The molecular weight excluding hydrogens is 338 g/mol. The van der Waals surface area contributed by atoms with Crippen LogP contribution in [0.4, 0.5) is 0 Å². The van der Waals surface area contributed by atoms with Gasteiger partial charge in [0.1, 0.15) is 5.82 Å². The first-order valence-electron chi connectivity index (χ1n) is 9.66. The molecule has 0 bridgehead atoms. The molecule has 3 aromatic rings. The van der Waals surface area contributed by atoms with Gasteiger partial charge in [0.15, 0.2) is 5.69 Å². The van der Waals surface area contributed by atoms with Gasteiger partial charge in [0.05, 0.1) is 5.52 Å². The van der Waals surface area contributed by atoms with Gasteiger partial charge >= 0.3 is 0 Å². The van der Waals surface area contributed by atoms with Crippen molar-refractivity contribution in [3.63, 3.8) is 0 Å². The van der Waals surface area contributed by atoms with Crippen LogP contribution in [0.15, 0.2) is 42.9 Å². The number of nitrogens with one attached hydrogen (secondary N) is 1. The molecule has 1 N–H and O–H groups in total. The topological polar surface area (TPSA) is 54.6 Å². The van der Waals surface area contributed by atoms with Crippen molar-refractivity contribution in [1.82, 2.24) is 24.2 Å². The maximum atomic E-state index is 12.7. The van der Waals surface area contributed by atoms with Gasteiger partial charge in [-0.3, -0.25) is 9.20 Å². The predicted molar refractivity (Wildman–Crippen MR) is 109 cm³/mol. The van der Waals surface area contributed by atoms with Crippen molar-refractivity contribution >= 4 is 11.4 Å². The molecule has 0 saturated carbocycles. The molecule has 0 radical (unpaired) electrons. The molecule has 0 aliphatic heterocycles. The zero-order chi connectivity index (χ0) is 19.2. The van der Waals surface area contributed by atoms with Crippen LogP contribution in [0, 0.1) is 0 Å². The number of likely N-dealkylation sites (N-methyl/N-ethyl adjacent to an activating group) is 1. The summed E-state index contributed by atoms with van der Waals surface area (Å²) in [6, 6.07) is 7.90. The molecular formula is C21H29N5O. The highest BCUT2D eigenvalue weighted by Crippen LogP contribution is 2.23. The Kier molecular flexibility index (Phi) is 6.29. The second-order valence-corrected chi connectivity index (χ2v) is 7.14. The molecule has 0 aromatic carbocycles. The number of fused-ring (bicyclic) bond motifs is 1. The molecule has 3 rings (SSSR count). The number of carbonyl (C=O) groups excluding carboxylic acids is 1. The molecule has 27 heavy (non-hydrogen) atoms. The number of carbonyl (C=O) groups is 1. The average molecular weight is 367 g/mol. The van der Waals surface area contributed by atoms with Crippen LogP contribution >= 0.6 is 0 Å². The molecule has 6 nitrogen and oxygen atoms in total. The van der Waals surface area contributed by atoms with E-state index in [4.69, 9.17) is 4.98 Å². The molecule has 1 amide bonds. The summed E-state index contributed by atoms with van der Waals surface area (Å²) in [5, 5.41) is 3.00. The summed E-state index contributed by atoms with van der Waals surface area (Å²) < 4.78 is 4.15. The summed E-state index contributed by atoms with van der Waals surface area (Å²) in [5.74, 6) is 0.695. The molecule has 0 unspecified atom stereocenters. The lowest BCUT2D eigenvalue weighted by atomic mass is 10.2. The van der Waals surface area contributed by atoms with Crippen molar-refractivity contribution in [1.29, 1.82) is 0 Å². The number of aromatic nitrogens is 3. The molecule has 0 fully saturated rings. The van der Waals surface area contributed by atoms with E-state index in [0.29, 0.717) is 12.2 Å². The molecule has 0 saturated heterocycles. The first kappa shape index (κ1) is 19.2. The Hall–Kier alpha value is -2.60. The van der Waals surface area contributed by atoms with Crippen molar-refractivity contribution in [2.24, 2.45) is 0 Å². The highest BCUT2D eigenvalue weighted by Gasteiger charge is 2.18. The molecule has 6 heteroatoms. The summed E-state index contributed by atoms with van der Waals surface area (Å²) in [5.41, 5.74) is 2.34. The van der Waals surface area contributed by atoms with Crippen LogP contribution in [0.1, 0.15) is 36.7 Å². The second kappa shape index (κ2) is 8.86. The van der Waals surface area contributed by atoms with Gasteiger partial charge < -0.3 is 14.8 Å². The smallest absolute Gasteiger partial charge is 0.272 e. The number of imidazole rings is 1. The minimum absolute atomic E-state index is 0.104. The Bertz CT molecular complexity index is 893. The van der Waals surface area contributed by atoms with Crippen molar-refractivity contribution in [3.8, 4) is 11.4 Å². The fourth-order valence-electron chi connectivity index (χ4n) is 3.10. The quantitative estimate of drug-likeness (QED) is 0.591. The number of hydrogen-bond acceptors (Lipinski definition) is 3. The van der Waals surface area contributed by atoms with Crippen molar-refractivity contribution < 1.29 is 4.79 Å². The zero-order valence-corrected chi connectivity index (χ0v) is 16.5. The van der Waals surface area contributed by atoms with Crippen LogP contribution in [0.3, 0.4) is 0 Å². The minimum Gasteiger partial charge on any atom is -0.352 e. The Morgan fingerprint density at radius 3 is 2.81 bits per heavy atom. The van der Waals surface area contributed by atoms with Crippen LogP contribution in [0.2, 0.25) is 0 Å². The standard InChI is InChI=1S/C21H29N5O/c1-4-5-7-11-22-21(27)19-18-9-6-8-12-26(18)20(23-19)17-10-13-25(16-17)15-14-24(2)3/h6,8-10,12-13,16H,4-5,7,11,14-15H2,1-3H3,(H,22,27). The molecule has 3 aromatic heterocycles. The summed E-state index contributed by atoms with van der Waals surface area (Å²) in [4.78, 5) is 19.5. The van der Waals surface area contributed by atoms with E-state index in [1.54, 1.807) is 0 Å². The molecule has 3 heterocycles. The van der Waals surface area contributed by atoms with E-state index in [-0.39, 0.29) is 5.91 Å². The summed E-state index contributed by atoms with van der Waals surface area (Å²) in [6.45, 7) is 4.74. The lowest BCUT2D eigenvalue weighted by Crippen LogP contribution is -2.25. The van der Waals surface area contributed by atoms with Crippen LogP contribution in [-0.4, -0.2) is 51.9 Å². The van der Waals surface area contributed by atoms with Gasteiger partial charge in [-0.25, -0.2) is 4.98 Å². The second-order valence-electron chi connectivity index (χ2n) is 7.14. The lowest BCUT2D eigenvalue weighted by Gasteiger charge is -2.09. The number of nitrogens with zero attached hydrogens (tertiary/aromatic N) is 4. The Morgan fingerprint density at radius 1 is 1.19 bits per heavy atom. The van der Waals surface area contributed by atoms with Gasteiger partial charge in [-0.15, -0.1) is 0 Å². The predicted octanol–water partition coefficient (Wildman–Crippen LogP) is 3.28. The van der Waals surface area contributed by atoms with E-state index in [1.807, 2.05) is 28.8 Å². The zero-order valence-electron chi connectivity index (χ0n) is 16.5. The fraction of sp³-hybridized carbons (Fsp3) is 0.429. The van der Waals surface area contributed by atoms with Crippen LogP contribution in [-0.2, 0) is 6.54 Å². The lowest BCUT2D eigenvalue weighted by molar-refractivity contribution is 0.0950. The van der Waals surface area contributed by atoms with Gasteiger partial charge in [-0.2, -0.15) is 0 Å².